The van der Waals surface area contributed by atoms with E-state index in [0.29, 0.717) is 17.3 Å². The molecular formula is C15H13ClINO2. The van der Waals surface area contributed by atoms with Crippen LogP contribution in [0.25, 0.3) is 0 Å². The Morgan fingerprint density at radius 2 is 1.75 bits per heavy atom. The van der Waals surface area contributed by atoms with Crippen molar-refractivity contribution in [3.8, 4) is 5.75 Å². The molecule has 0 bridgehead atoms. The highest BCUT2D eigenvalue weighted by Gasteiger charge is 2.03. The van der Waals surface area contributed by atoms with Gasteiger partial charge in [0, 0.05) is 15.1 Å². The maximum atomic E-state index is 11.7. The van der Waals surface area contributed by atoms with Crippen LogP contribution in [0.4, 0.5) is 0 Å². The molecule has 0 spiro atoms. The van der Waals surface area contributed by atoms with Crippen molar-refractivity contribution in [2.45, 2.75) is 6.54 Å². The monoisotopic (exact) mass is 401 g/mol. The van der Waals surface area contributed by atoms with Crippen molar-refractivity contribution >= 4 is 40.1 Å². The second kappa shape index (κ2) is 7.50. The van der Waals surface area contributed by atoms with Gasteiger partial charge in [-0.25, -0.2) is 0 Å². The molecule has 1 N–H and O–H groups in total. The van der Waals surface area contributed by atoms with Gasteiger partial charge in [-0.15, -0.1) is 0 Å². The van der Waals surface area contributed by atoms with Crippen molar-refractivity contribution in [2.75, 3.05) is 6.61 Å². The lowest BCUT2D eigenvalue weighted by molar-refractivity contribution is -0.123. The van der Waals surface area contributed by atoms with Crippen molar-refractivity contribution in [3.05, 3.63) is 62.7 Å². The Morgan fingerprint density at radius 1 is 1.10 bits per heavy atom. The maximum Gasteiger partial charge on any atom is 0.258 e. The van der Waals surface area contributed by atoms with Gasteiger partial charge in [0.25, 0.3) is 5.91 Å². The van der Waals surface area contributed by atoms with E-state index in [0.717, 1.165) is 9.13 Å². The zero-order chi connectivity index (χ0) is 14.4. The average Bonchev–Trinajstić information content (AvgIpc) is 2.46. The lowest BCUT2D eigenvalue weighted by Gasteiger charge is -2.07. The number of hydrogen-bond acceptors (Lipinski definition) is 2. The summed E-state index contributed by atoms with van der Waals surface area (Å²) in [5.74, 6) is 0.533. The Hall–Kier alpha value is -1.27. The fourth-order valence-corrected chi connectivity index (χ4v) is 2.02. The van der Waals surface area contributed by atoms with Crippen LogP contribution in [0, 0.1) is 3.57 Å². The molecule has 0 radical (unpaired) electrons. The van der Waals surface area contributed by atoms with Gasteiger partial charge in [0.15, 0.2) is 6.61 Å². The number of benzene rings is 2. The van der Waals surface area contributed by atoms with Gasteiger partial charge >= 0.3 is 0 Å². The highest BCUT2D eigenvalue weighted by molar-refractivity contribution is 14.1. The summed E-state index contributed by atoms with van der Waals surface area (Å²) >= 11 is 8.01. The SMILES string of the molecule is O=C(COc1ccc(I)cc1)NCc1ccc(Cl)cc1. The lowest BCUT2D eigenvalue weighted by Crippen LogP contribution is -2.28. The number of carbonyl (C=O) groups is 1. The van der Waals surface area contributed by atoms with Gasteiger partial charge in [-0.1, -0.05) is 23.7 Å². The van der Waals surface area contributed by atoms with Crippen molar-refractivity contribution in [2.24, 2.45) is 0 Å². The minimum atomic E-state index is -0.154. The van der Waals surface area contributed by atoms with Crippen molar-refractivity contribution < 1.29 is 9.53 Å². The zero-order valence-corrected chi connectivity index (χ0v) is 13.5. The molecule has 2 aromatic rings. The number of ether oxygens (including phenoxy) is 1. The summed E-state index contributed by atoms with van der Waals surface area (Å²) in [6.45, 7) is 0.472. The van der Waals surface area contributed by atoms with Crippen LogP contribution >= 0.6 is 34.2 Å². The van der Waals surface area contributed by atoms with Crippen LogP contribution in [-0.2, 0) is 11.3 Å². The van der Waals surface area contributed by atoms with Gasteiger partial charge in [-0.2, -0.15) is 0 Å². The summed E-state index contributed by atoms with van der Waals surface area (Å²) in [6, 6.07) is 14.9. The predicted octanol–water partition coefficient (Wildman–Crippen LogP) is 3.64. The molecule has 104 valence electrons. The second-order valence-corrected chi connectivity index (χ2v) is 5.83. The number of rotatable bonds is 5. The molecule has 0 fully saturated rings. The fourth-order valence-electron chi connectivity index (χ4n) is 1.53. The molecule has 0 heterocycles. The molecule has 0 aromatic heterocycles. The standard InChI is InChI=1S/C15H13ClINO2/c16-12-3-1-11(2-4-12)9-18-15(19)10-20-14-7-5-13(17)6-8-14/h1-8H,9-10H2,(H,18,19). The van der Waals surface area contributed by atoms with E-state index in [1.807, 2.05) is 36.4 Å². The second-order valence-electron chi connectivity index (χ2n) is 4.15. The molecule has 5 heteroatoms. The van der Waals surface area contributed by atoms with E-state index in [2.05, 4.69) is 27.9 Å². The van der Waals surface area contributed by atoms with Gasteiger partial charge in [-0.05, 0) is 64.6 Å². The Bertz CT molecular complexity index is 518. The number of carbonyl (C=O) groups excluding carboxylic acids is 1. The van der Waals surface area contributed by atoms with Gasteiger partial charge in [0.1, 0.15) is 5.75 Å². The predicted molar refractivity (Wildman–Crippen MR) is 88.0 cm³/mol. The normalized spacial score (nSPS) is 10.1. The van der Waals surface area contributed by atoms with Gasteiger partial charge in [0.2, 0.25) is 0 Å². The molecule has 3 nitrogen and oxygen atoms in total. The van der Waals surface area contributed by atoms with Crippen LogP contribution in [0.1, 0.15) is 5.56 Å². The molecule has 0 aliphatic heterocycles. The van der Waals surface area contributed by atoms with Crippen LogP contribution in [0.2, 0.25) is 5.02 Å². The molecule has 0 atom stereocenters. The molecule has 2 rings (SSSR count). The molecule has 20 heavy (non-hydrogen) atoms. The minimum Gasteiger partial charge on any atom is -0.484 e. The summed E-state index contributed by atoms with van der Waals surface area (Å²) in [5, 5.41) is 3.47. The number of halogens is 2. The quantitative estimate of drug-likeness (QED) is 0.777. The fraction of sp³-hybridized carbons (Fsp3) is 0.133. The van der Waals surface area contributed by atoms with Gasteiger partial charge in [0.05, 0.1) is 0 Å². The molecule has 1 amide bonds. The molecule has 0 aliphatic rings. The van der Waals surface area contributed by atoms with E-state index in [4.69, 9.17) is 16.3 Å². The topological polar surface area (TPSA) is 38.3 Å². The van der Waals surface area contributed by atoms with Gasteiger partial charge in [-0.3, -0.25) is 4.79 Å². The Morgan fingerprint density at radius 3 is 2.40 bits per heavy atom. The highest BCUT2D eigenvalue weighted by atomic mass is 127. The first kappa shape index (κ1) is 15.1. The maximum absolute atomic E-state index is 11.7. The van der Waals surface area contributed by atoms with E-state index in [-0.39, 0.29) is 12.5 Å². The number of amides is 1. The summed E-state index contributed by atoms with van der Waals surface area (Å²) in [4.78, 5) is 11.7. The van der Waals surface area contributed by atoms with Crippen LogP contribution in [0.5, 0.6) is 5.75 Å². The minimum absolute atomic E-state index is 0.00812. The van der Waals surface area contributed by atoms with E-state index < -0.39 is 0 Å². The molecule has 0 saturated carbocycles. The number of hydrogen-bond donors (Lipinski definition) is 1. The van der Waals surface area contributed by atoms with E-state index in [9.17, 15) is 4.79 Å². The molecule has 0 unspecified atom stereocenters. The zero-order valence-electron chi connectivity index (χ0n) is 10.6. The van der Waals surface area contributed by atoms with Gasteiger partial charge < -0.3 is 10.1 Å². The third-order valence-electron chi connectivity index (χ3n) is 2.59. The number of nitrogens with one attached hydrogen (secondary N) is 1. The Balaban J connectivity index is 1.75. The largest absolute Gasteiger partial charge is 0.484 e. The average molecular weight is 402 g/mol. The summed E-state index contributed by atoms with van der Waals surface area (Å²) in [7, 11) is 0. The van der Waals surface area contributed by atoms with Crippen molar-refractivity contribution in [1.82, 2.24) is 5.32 Å². The first-order chi connectivity index (χ1) is 9.63. The van der Waals surface area contributed by atoms with Crippen LogP contribution < -0.4 is 10.1 Å². The van der Waals surface area contributed by atoms with Crippen molar-refractivity contribution in [3.63, 3.8) is 0 Å². The third kappa shape index (κ3) is 5.02. The summed E-state index contributed by atoms with van der Waals surface area (Å²) in [6.07, 6.45) is 0. The first-order valence-corrected chi connectivity index (χ1v) is 7.48. The lowest BCUT2D eigenvalue weighted by atomic mass is 10.2. The smallest absolute Gasteiger partial charge is 0.258 e. The highest BCUT2D eigenvalue weighted by Crippen LogP contribution is 2.13. The first-order valence-electron chi connectivity index (χ1n) is 6.03. The molecule has 0 saturated heterocycles. The van der Waals surface area contributed by atoms with E-state index in [1.54, 1.807) is 12.1 Å². The Labute approximate surface area is 136 Å². The molecular weight excluding hydrogens is 389 g/mol. The van der Waals surface area contributed by atoms with Crippen LogP contribution in [0.3, 0.4) is 0 Å². The van der Waals surface area contributed by atoms with E-state index in [1.165, 1.54) is 0 Å². The summed E-state index contributed by atoms with van der Waals surface area (Å²) < 4.78 is 6.52. The third-order valence-corrected chi connectivity index (χ3v) is 3.56. The Kier molecular flexibility index (Phi) is 5.67. The molecule has 2 aromatic carbocycles. The van der Waals surface area contributed by atoms with Crippen LogP contribution in [-0.4, -0.2) is 12.5 Å². The summed E-state index contributed by atoms with van der Waals surface area (Å²) in [5.41, 5.74) is 0.997. The van der Waals surface area contributed by atoms with E-state index >= 15 is 0 Å². The van der Waals surface area contributed by atoms with Crippen molar-refractivity contribution in [1.29, 1.82) is 0 Å². The molecule has 0 aliphatic carbocycles. The van der Waals surface area contributed by atoms with Crippen LogP contribution in [0.15, 0.2) is 48.5 Å².